The topological polar surface area (TPSA) is 46.5 Å². The van der Waals surface area contributed by atoms with Gasteiger partial charge in [0.1, 0.15) is 0 Å². The number of Topliss-reactive ketones (excluding diaryl/α,β-unsaturated/α-hetero) is 2. The minimum Gasteiger partial charge on any atom is -0.294 e. The normalized spacial score (nSPS) is 15.7. The molecule has 3 nitrogen and oxygen atoms in total. The second-order valence-electron chi connectivity index (χ2n) is 5.75. The summed E-state index contributed by atoms with van der Waals surface area (Å²) in [6.45, 7) is 0.601. The monoisotopic (exact) mass is 305 g/mol. The lowest BCUT2D eigenvalue weighted by atomic mass is 9.88. The summed E-state index contributed by atoms with van der Waals surface area (Å²) in [5, 5.41) is 0. The van der Waals surface area contributed by atoms with Gasteiger partial charge >= 0.3 is 0 Å². The predicted octanol–water partition coefficient (Wildman–Crippen LogP) is 3.92. The number of benzene rings is 2. The molecule has 0 fully saturated rings. The Morgan fingerprint density at radius 2 is 1.52 bits per heavy atom. The van der Waals surface area contributed by atoms with Crippen LogP contribution in [0.1, 0.15) is 45.5 Å². The van der Waals surface area contributed by atoms with E-state index >= 15 is 0 Å². The number of rotatable bonds is 5. The molecule has 23 heavy (non-hydrogen) atoms. The van der Waals surface area contributed by atoms with Crippen molar-refractivity contribution in [2.75, 3.05) is 6.54 Å². The van der Waals surface area contributed by atoms with Gasteiger partial charge in [-0.1, -0.05) is 54.6 Å². The third-order valence-corrected chi connectivity index (χ3v) is 4.08. The molecule has 0 saturated carbocycles. The van der Waals surface area contributed by atoms with Gasteiger partial charge in [-0.05, 0) is 24.8 Å². The maximum atomic E-state index is 12.4. The van der Waals surface area contributed by atoms with Crippen molar-refractivity contribution in [2.45, 2.75) is 25.7 Å². The highest BCUT2D eigenvalue weighted by atomic mass is 16.1. The summed E-state index contributed by atoms with van der Waals surface area (Å²) in [6.07, 6.45) is 3.09. The zero-order chi connectivity index (χ0) is 16.1. The molecule has 0 aliphatic heterocycles. The SMILES string of the molecule is O=C1CC(=NCCCCc2ccccc2)C(=O)c2ccccc21. The summed E-state index contributed by atoms with van der Waals surface area (Å²) in [6, 6.07) is 17.3. The molecule has 3 rings (SSSR count). The van der Waals surface area contributed by atoms with Crippen LogP contribution in [0.4, 0.5) is 0 Å². The average Bonchev–Trinajstić information content (AvgIpc) is 2.60. The van der Waals surface area contributed by atoms with Crippen LogP contribution >= 0.6 is 0 Å². The maximum Gasteiger partial charge on any atom is 0.207 e. The first-order chi connectivity index (χ1) is 11.3. The number of ketones is 2. The van der Waals surface area contributed by atoms with Crippen LogP contribution < -0.4 is 0 Å². The van der Waals surface area contributed by atoms with Crippen molar-refractivity contribution in [2.24, 2.45) is 4.99 Å². The summed E-state index contributed by atoms with van der Waals surface area (Å²) in [5.74, 6) is -0.105. The quantitative estimate of drug-likeness (QED) is 0.786. The second-order valence-corrected chi connectivity index (χ2v) is 5.75. The van der Waals surface area contributed by atoms with Crippen molar-refractivity contribution < 1.29 is 9.59 Å². The van der Waals surface area contributed by atoms with Crippen molar-refractivity contribution in [3.63, 3.8) is 0 Å². The van der Waals surface area contributed by atoms with E-state index in [1.807, 2.05) is 18.2 Å². The zero-order valence-electron chi connectivity index (χ0n) is 13.0. The highest BCUT2D eigenvalue weighted by Gasteiger charge is 2.28. The van der Waals surface area contributed by atoms with Crippen LogP contribution in [0.5, 0.6) is 0 Å². The van der Waals surface area contributed by atoms with Crippen molar-refractivity contribution in [1.82, 2.24) is 0 Å². The molecule has 0 heterocycles. The molecule has 0 unspecified atom stereocenters. The van der Waals surface area contributed by atoms with Gasteiger partial charge in [-0.3, -0.25) is 14.6 Å². The molecule has 0 amide bonds. The maximum absolute atomic E-state index is 12.4. The summed E-state index contributed by atoms with van der Waals surface area (Å²) < 4.78 is 0. The average molecular weight is 305 g/mol. The molecule has 0 N–H and O–H groups in total. The zero-order valence-corrected chi connectivity index (χ0v) is 13.0. The Morgan fingerprint density at radius 3 is 2.30 bits per heavy atom. The smallest absolute Gasteiger partial charge is 0.207 e. The summed E-state index contributed by atoms with van der Waals surface area (Å²) >= 11 is 0. The third-order valence-electron chi connectivity index (χ3n) is 4.08. The van der Waals surface area contributed by atoms with Crippen LogP contribution in [0.2, 0.25) is 0 Å². The molecule has 0 radical (unpaired) electrons. The lowest BCUT2D eigenvalue weighted by Crippen LogP contribution is -2.27. The van der Waals surface area contributed by atoms with Gasteiger partial charge in [0.05, 0.1) is 12.1 Å². The fraction of sp³-hybridized carbons (Fsp3) is 0.250. The van der Waals surface area contributed by atoms with Crippen LogP contribution in [0, 0.1) is 0 Å². The number of carbonyl (C=O) groups is 2. The van der Waals surface area contributed by atoms with Gasteiger partial charge in [-0.25, -0.2) is 0 Å². The van der Waals surface area contributed by atoms with E-state index in [-0.39, 0.29) is 18.0 Å². The largest absolute Gasteiger partial charge is 0.294 e. The van der Waals surface area contributed by atoms with Gasteiger partial charge in [0.25, 0.3) is 0 Å². The number of unbranched alkanes of at least 4 members (excludes halogenated alkanes) is 1. The molecule has 0 saturated heterocycles. The molecule has 2 aromatic carbocycles. The Bertz CT molecular complexity index is 747. The van der Waals surface area contributed by atoms with Crippen LogP contribution in [-0.2, 0) is 6.42 Å². The lowest BCUT2D eigenvalue weighted by molar-refractivity contribution is 0.0964. The summed E-state index contributed by atoms with van der Waals surface area (Å²) in [4.78, 5) is 28.8. The summed E-state index contributed by atoms with van der Waals surface area (Å²) in [7, 11) is 0. The van der Waals surface area contributed by atoms with Gasteiger partial charge in [0, 0.05) is 17.7 Å². The van der Waals surface area contributed by atoms with E-state index in [1.54, 1.807) is 24.3 Å². The first-order valence-electron chi connectivity index (χ1n) is 8.00. The van der Waals surface area contributed by atoms with Crippen molar-refractivity contribution >= 4 is 17.3 Å². The minimum atomic E-state index is -0.0942. The standard InChI is InChI=1S/C20H19NO2/c22-19-14-18(20(23)17-12-5-4-11-16(17)19)21-13-7-6-10-15-8-2-1-3-9-15/h1-5,8-9,11-12H,6-7,10,13-14H2. The molecule has 2 aromatic rings. The van der Waals surface area contributed by atoms with Gasteiger partial charge in [-0.15, -0.1) is 0 Å². The Morgan fingerprint density at radius 1 is 0.826 bits per heavy atom. The lowest BCUT2D eigenvalue weighted by Gasteiger charge is -2.15. The van der Waals surface area contributed by atoms with Gasteiger partial charge in [0.2, 0.25) is 5.78 Å². The Hall–Kier alpha value is -2.55. The van der Waals surface area contributed by atoms with Crippen LogP contribution in [-0.4, -0.2) is 23.8 Å². The Labute approximate surface area is 136 Å². The molecular weight excluding hydrogens is 286 g/mol. The number of aliphatic imine (C=N–C) groups is 1. The number of nitrogens with zero attached hydrogens (tertiary/aromatic N) is 1. The third kappa shape index (κ3) is 3.62. The van der Waals surface area contributed by atoms with E-state index < -0.39 is 0 Å². The fourth-order valence-corrected chi connectivity index (χ4v) is 2.83. The van der Waals surface area contributed by atoms with E-state index in [2.05, 4.69) is 17.1 Å². The van der Waals surface area contributed by atoms with Crippen LogP contribution in [0.25, 0.3) is 0 Å². The predicted molar refractivity (Wildman–Crippen MR) is 91.4 cm³/mol. The molecule has 1 aliphatic rings. The van der Waals surface area contributed by atoms with Gasteiger partial charge in [0.15, 0.2) is 5.78 Å². The Balaban J connectivity index is 1.57. The van der Waals surface area contributed by atoms with Crippen molar-refractivity contribution in [1.29, 1.82) is 0 Å². The molecule has 0 bridgehead atoms. The Kier molecular flexibility index (Phi) is 4.77. The number of fused-ring (bicyclic) bond motifs is 1. The van der Waals surface area contributed by atoms with Gasteiger partial charge in [-0.2, -0.15) is 0 Å². The number of aryl methyl sites for hydroxylation is 1. The molecule has 0 aromatic heterocycles. The molecule has 3 heteroatoms. The van der Waals surface area contributed by atoms with Crippen LogP contribution in [0.15, 0.2) is 59.6 Å². The van der Waals surface area contributed by atoms with E-state index in [1.165, 1.54) is 5.56 Å². The van der Waals surface area contributed by atoms with E-state index in [4.69, 9.17) is 0 Å². The van der Waals surface area contributed by atoms with E-state index in [0.717, 1.165) is 19.3 Å². The van der Waals surface area contributed by atoms with Crippen molar-refractivity contribution in [3.8, 4) is 0 Å². The van der Waals surface area contributed by atoms with Crippen molar-refractivity contribution in [3.05, 3.63) is 71.3 Å². The first-order valence-corrected chi connectivity index (χ1v) is 8.00. The minimum absolute atomic E-state index is 0.0109. The molecular formula is C20H19NO2. The molecule has 1 aliphatic carbocycles. The van der Waals surface area contributed by atoms with Crippen LogP contribution in [0.3, 0.4) is 0 Å². The molecule has 0 spiro atoms. The second kappa shape index (κ2) is 7.14. The van der Waals surface area contributed by atoms with E-state index in [9.17, 15) is 9.59 Å². The summed E-state index contributed by atoms with van der Waals surface area (Å²) in [5.41, 5.74) is 2.75. The molecule has 0 atom stereocenters. The van der Waals surface area contributed by atoms with E-state index in [0.29, 0.717) is 23.4 Å². The highest BCUT2D eigenvalue weighted by Crippen LogP contribution is 2.19. The number of carbonyl (C=O) groups excluding carboxylic acids is 2. The first kappa shape index (κ1) is 15.3. The van der Waals surface area contributed by atoms with Gasteiger partial charge < -0.3 is 0 Å². The highest BCUT2D eigenvalue weighted by molar-refractivity contribution is 6.52. The molecule has 116 valence electrons. The number of hydrogen-bond donors (Lipinski definition) is 0. The fourth-order valence-electron chi connectivity index (χ4n) is 2.83. The number of hydrogen-bond acceptors (Lipinski definition) is 3.